The van der Waals surface area contributed by atoms with Gasteiger partial charge in [-0.1, -0.05) is 48.0 Å². The molecule has 150 valence electrons. The van der Waals surface area contributed by atoms with Crippen LogP contribution in [-0.4, -0.2) is 25.0 Å². The van der Waals surface area contributed by atoms with Gasteiger partial charge < -0.3 is 9.47 Å². The number of hydrogen-bond acceptors (Lipinski definition) is 4. The molecule has 2 aromatic rings. The standard InChI is InChI=1S/C21H25BrN2O4/c1-13(2)16-10-17(22)15(4)9-19(16)28-12-21(26)24-23-20(25)11-27-18-8-6-5-7-14(18)3/h5-10,13H,11-12H2,1-4H3,(H,23,25)(H,24,26). The molecule has 2 amide bonds. The quantitative estimate of drug-likeness (QED) is 0.631. The minimum Gasteiger partial charge on any atom is -0.483 e. The number of nitrogens with one attached hydrogen (secondary N) is 2. The molecule has 0 saturated carbocycles. The second-order valence-corrected chi connectivity index (χ2v) is 7.59. The summed E-state index contributed by atoms with van der Waals surface area (Å²) in [7, 11) is 0. The van der Waals surface area contributed by atoms with Crippen LogP contribution < -0.4 is 20.3 Å². The fourth-order valence-corrected chi connectivity index (χ4v) is 2.82. The summed E-state index contributed by atoms with van der Waals surface area (Å²) >= 11 is 3.51. The number of carbonyl (C=O) groups excluding carboxylic acids is 2. The highest BCUT2D eigenvalue weighted by Crippen LogP contribution is 2.32. The molecule has 2 rings (SSSR count). The predicted octanol–water partition coefficient (Wildman–Crippen LogP) is 3.79. The highest BCUT2D eigenvalue weighted by Gasteiger charge is 2.13. The molecule has 0 radical (unpaired) electrons. The maximum Gasteiger partial charge on any atom is 0.276 e. The van der Waals surface area contributed by atoms with Crippen molar-refractivity contribution in [1.82, 2.24) is 10.9 Å². The lowest BCUT2D eigenvalue weighted by Gasteiger charge is -2.16. The third-order valence-corrected chi connectivity index (χ3v) is 4.92. The van der Waals surface area contributed by atoms with E-state index in [1.165, 1.54) is 0 Å². The Balaban J connectivity index is 1.81. The number of halogens is 1. The Morgan fingerprint density at radius 3 is 2.07 bits per heavy atom. The lowest BCUT2D eigenvalue weighted by Crippen LogP contribution is -2.45. The van der Waals surface area contributed by atoms with Gasteiger partial charge in [-0.25, -0.2) is 0 Å². The molecule has 0 saturated heterocycles. The fourth-order valence-electron chi connectivity index (χ4n) is 2.46. The Hall–Kier alpha value is -2.54. The zero-order valence-electron chi connectivity index (χ0n) is 16.5. The van der Waals surface area contributed by atoms with E-state index in [1.54, 1.807) is 6.07 Å². The minimum absolute atomic E-state index is 0.199. The van der Waals surface area contributed by atoms with Crippen LogP contribution in [-0.2, 0) is 9.59 Å². The Morgan fingerprint density at radius 1 is 0.929 bits per heavy atom. The predicted molar refractivity (Wildman–Crippen MR) is 111 cm³/mol. The van der Waals surface area contributed by atoms with Crippen molar-refractivity contribution in [2.45, 2.75) is 33.6 Å². The van der Waals surface area contributed by atoms with Gasteiger partial charge in [0.2, 0.25) is 0 Å². The number of rotatable bonds is 7. The number of carbonyl (C=O) groups is 2. The molecule has 2 N–H and O–H groups in total. The molecule has 0 aromatic heterocycles. The zero-order chi connectivity index (χ0) is 20.7. The van der Waals surface area contributed by atoms with Crippen LogP contribution in [0.15, 0.2) is 40.9 Å². The smallest absolute Gasteiger partial charge is 0.276 e. The monoisotopic (exact) mass is 448 g/mol. The molecule has 28 heavy (non-hydrogen) atoms. The van der Waals surface area contributed by atoms with E-state index in [0.29, 0.717) is 11.5 Å². The second kappa shape index (κ2) is 10.1. The summed E-state index contributed by atoms with van der Waals surface area (Å²) in [5.41, 5.74) is 7.59. The van der Waals surface area contributed by atoms with Crippen LogP contribution in [0.2, 0.25) is 0 Å². The molecule has 0 aliphatic rings. The van der Waals surface area contributed by atoms with Crippen LogP contribution in [0, 0.1) is 13.8 Å². The van der Waals surface area contributed by atoms with E-state index in [1.807, 2.05) is 44.2 Å². The maximum absolute atomic E-state index is 12.0. The second-order valence-electron chi connectivity index (χ2n) is 6.73. The molecule has 0 bridgehead atoms. The van der Waals surface area contributed by atoms with E-state index < -0.39 is 11.8 Å². The number of hydrogen-bond donors (Lipinski definition) is 2. The summed E-state index contributed by atoms with van der Waals surface area (Å²) in [6, 6.07) is 11.3. The van der Waals surface area contributed by atoms with E-state index in [2.05, 4.69) is 40.6 Å². The molecule has 6 nitrogen and oxygen atoms in total. The van der Waals surface area contributed by atoms with Crippen LogP contribution in [0.3, 0.4) is 0 Å². The molecular weight excluding hydrogens is 424 g/mol. The van der Waals surface area contributed by atoms with Crippen molar-refractivity contribution in [3.8, 4) is 11.5 Å². The zero-order valence-corrected chi connectivity index (χ0v) is 18.1. The number of benzene rings is 2. The van der Waals surface area contributed by atoms with Gasteiger partial charge in [0.25, 0.3) is 11.8 Å². The number of para-hydroxylation sites is 1. The van der Waals surface area contributed by atoms with Gasteiger partial charge in [-0.05, 0) is 54.7 Å². The first-order valence-corrected chi connectivity index (χ1v) is 9.76. The number of aryl methyl sites for hydroxylation is 2. The first kappa shape index (κ1) is 21.8. The van der Waals surface area contributed by atoms with Crippen LogP contribution in [0.4, 0.5) is 0 Å². The van der Waals surface area contributed by atoms with Crippen LogP contribution in [0.5, 0.6) is 11.5 Å². The van der Waals surface area contributed by atoms with E-state index in [9.17, 15) is 9.59 Å². The van der Waals surface area contributed by atoms with Gasteiger partial charge in [0.05, 0.1) is 0 Å². The van der Waals surface area contributed by atoms with Crippen molar-refractivity contribution in [2.24, 2.45) is 0 Å². The summed E-state index contributed by atoms with van der Waals surface area (Å²) in [6.07, 6.45) is 0. The lowest BCUT2D eigenvalue weighted by molar-refractivity contribution is -0.131. The fraction of sp³-hybridized carbons (Fsp3) is 0.333. The average molecular weight is 449 g/mol. The molecule has 2 aromatic carbocycles. The SMILES string of the molecule is Cc1cc(OCC(=O)NNC(=O)COc2ccccc2C)c(C(C)C)cc1Br. The molecule has 0 atom stereocenters. The molecular formula is C21H25BrN2O4. The Labute approximate surface area is 173 Å². The summed E-state index contributed by atoms with van der Waals surface area (Å²) in [5, 5.41) is 0. The maximum atomic E-state index is 12.0. The van der Waals surface area contributed by atoms with E-state index in [4.69, 9.17) is 9.47 Å². The molecule has 7 heteroatoms. The van der Waals surface area contributed by atoms with Gasteiger partial charge in [-0.2, -0.15) is 0 Å². The molecule has 0 unspecified atom stereocenters. The first-order chi connectivity index (χ1) is 13.3. The molecule has 0 spiro atoms. The van der Waals surface area contributed by atoms with Crippen LogP contribution in [0.1, 0.15) is 36.5 Å². The minimum atomic E-state index is -0.459. The van der Waals surface area contributed by atoms with Crippen molar-refractivity contribution in [3.05, 3.63) is 57.6 Å². The van der Waals surface area contributed by atoms with Crippen molar-refractivity contribution < 1.29 is 19.1 Å². The molecule has 0 heterocycles. The summed E-state index contributed by atoms with van der Waals surface area (Å²) in [4.78, 5) is 23.8. The third-order valence-electron chi connectivity index (χ3n) is 4.07. The third kappa shape index (κ3) is 6.27. The summed E-state index contributed by atoms with van der Waals surface area (Å²) < 4.78 is 12.1. The van der Waals surface area contributed by atoms with Crippen LogP contribution in [0.25, 0.3) is 0 Å². The van der Waals surface area contributed by atoms with Gasteiger partial charge >= 0.3 is 0 Å². The Kier molecular flexibility index (Phi) is 7.87. The van der Waals surface area contributed by atoms with Gasteiger partial charge in [0, 0.05) is 4.47 Å². The van der Waals surface area contributed by atoms with Crippen molar-refractivity contribution in [2.75, 3.05) is 13.2 Å². The van der Waals surface area contributed by atoms with Gasteiger partial charge in [-0.15, -0.1) is 0 Å². The molecule has 0 aliphatic heterocycles. The van der Waals surface area contributed by atoms with Crippen LogP contribution >= 0.6 is 15.9 Å². The summed E-state index contributed by atoms with van der Waals surface area (Å²) in [5.74, 6) is 0.603. The average Bonchev–Trinajstić information content (AvgIpc) is 2.66. The Morgan fingerprint density at radius 2 is 1.50 bits per heavy atom. The largest absolute Gasteiger partial charge is 0.483 e. The van der Waals surface area contributed by atoms with E-state index in [-0.39, 0.29) is 19.1 Å². The number of hydrazine groups is 1. The number of ether oxygens (including phenoxy) is 2. The highest BCUT2D eigenvalue weighted by molar-refractivity contribution is 9.10. The van der Waals surface area contributed by atoms with E-state index >= 15 is 0 Å². The van der Waals surface area contributed by atoms with Gasteiger partial charge in [0.15, 0.2) is 13.2 Å². The lowest BCUT2D eigenvalue weighted by atomic mass is 10.0. The van der Waals surface area contributed by atoms with Gasteiger partial charge in [-0.3, -0.25) is 20.4 Å². The normalized spacial score (nSPS) is 10.5. The number of amides is 2. The van der Waals surface area contributed by atoms with Gasteiger partial charge in [0.1, 0.15) is 11.5 Å². The van der Waals surface area contributed by atoms with Crippen molar-refractivity contribution in [1.29, 1.82) is 0 Å². The van der Waals surface area contributed by atoms with E-state index in [0.717, 1.165) is 21.2 Å². The Bertz CT molecular complexity index is 852. The van der Waals surface area contributed by atoms with Crippen molar-refractivity contribution >= 4 is 27.7 Å². The van der Waals surface area contributed by atoms with Crippen molar-refractivity contribution in [3.63, 3.8) is 0 Å². The highest BCUT2D eigenvalue weighted by atomic mass is 79.9. The first-order valence-electron chi connectivity index (χ1n) is 8.97. The topological polar surface area (TPSA) is 76.7 Å². The molecule has 0 aliphatic carbocycles. The molecule has 0 fully saturated rings. The summed E-state index contributed by atoms with van der Waals surface area (Å²) in [6.45, 7) is 7.55.